The van der Waals surface area contributed by atoms with Crippen LogP contribution in [0.25, 0.3) is 0 Å². The van der Waals surface area contributed by atoms with Gasteiger partial charge in [-0.2, -0.15) is 0 Å². The van der Waals surface area contributed by atoms with Gasteiger partial charge in [0.1, 0.15) is 0 Å². The summed E-state index contributed by atoms with van der Waals surface area (Å²) in [7, 11) is 0. The normalized spacial score (nSPS) is 35.5. The molecule has 3 heteroatoms. The molecule has 0 spiro atoms. The molecule has 2 rings (SSSR count). The molecule has 0 unspecified atom stereocenters. The van der Waals surface area contributed by atoms with Crippen molar-refractivity contribution >= 4 is 5.90 Å². The summed E-state index contributed by atoms with van der Waals surface area (Å²) in [6.45, 7) is 6.96. The molecule has 0 radical (unpaired) electrons. The lowest BCUT2D eigenvalue weighted by Crippen LogP contribution is -2.52. The van der Waals surface area contributed by atoms with E-state index in [4.69, 9.17) is 0 Å². The maximum absolute atomic E-state index is 12.1. The van der Waals surface area contributed by atoms with Gasteiger partial charge in [0.2, 0.25) is 0 Å². The highest BCUT2D eigenvalue weighted by Crippen LogP contribution is 2.35. The smallest absolute Gasteiger partial charge is 0.0513 e. The summed E-state index contributed by atoms with van der Waals surface area (Å²) in [5, 5.41) is 15.5. The van der Waals surface area contributed by atoms with Crippen molar-refractivity contribution in [1.82, 2.24) is 5.32 Å². The van der Waals surface area contributed by atoms with Crippen LogP contribution in [0.4, 0.5) is 0 Å². The highest BCUT2D eigenvalue weighted by molar-refractivity contribution is 5.78. The lowest BCUT2D eigenvalue weighted by molar-refractivity contribution is -0.223. The number of fused-ring (bicyclic) bond motifs is 1. The monoisotopic (exact) mass is 237 g/mol. The van der Waals surface area contributed by atoms with E-state index in [-0.39, 0.29) is 17.5 Å². The van der Waals surface area contributed by atoms with E-state index >= 15 is 0 Å². The van der Waals surface area contributed by atoms with Gasteiger partial charge in [0.05, 0.1) is 5.54 Å². The summed E-state index contributed by atoms with van der Waals surface area (Å²) in [5.41, 5.74) is -0.248. The lowest BCUT2D eigenvalue weighted by Gasteiger charge is -2.42. The SMILES string of the molecule is CC(C)(C)N=C([O-])[C@@H]1C[C@@H]2CCCC[C@@H]2CN1. The molecule has 1 aliphatic heterocycles. The molecule has 1 N–H and O–H groups in total. The Morgan fingerprint density at radius 3 is 2.47 bits per heavy atom. The van der Waals surface area contributed by atoms with E-state index in [0.29, 0.717) is 0 Å². The van der Waals surface area contributed by atoms with Crippen molar-refractivity contribution in [3.63, 3.8) is 0 Å². The molecule has 0 aromatic heterocycles. The van der Waals surface area contributed by atoms with Gasteiger partial charge in [-0.25, -0.2) is 0 Å². The second-order valence-corrected chi connectivity index (χ2v) is 6.62. The van der Waals surface area contributed by atoms with Crippen LogP contribution in [0.2, 0.25) is 0 Å². The van der Waals surface area contributed by atoms with Crippen molar-refractivity contribution in [2.24, 2.45) is 16.8 Å². The van der Waals surface area contributed by atoms with Crippen molar-refractivity contribution in [2.75, 3.05) is 6.54 Å². The molecular weight excluding hydrogens is 212 g/mol. The number of rotatable bonds is 1. The van der Waals surface area contributed by atoms with Gasteiger partial charge in [0, 0.05) is 6.04 Å². The Bertz CT molecular complexity index is 293. The molecule has 3 atom stereocenters. The minimum Gasteiger partial charge on any atom is -0.861 e. The first kappa shape index (κ1) is 12.9. The van der Waals surface area contributed by atoms with Gasteiger partial charge in [0.25, 0.3) is 0 Å². The first-order valence-electron chi connectivity index (χ1n) is 6.96. The highest BCUT2D eigenvalue weighted by Gasteiger charge is 2.32. The van der Waals surface area contributed by atoms with Crippen molar-refractivity contribution in [3.05, 3.63) is 0 Å². The average molecular weight is 237 g/mol. The van der Waals surface area contributed by atoms with E-state index in [9.17, 15) is 5.11 Å². The molecule has 0 aromatic carbocycles. The van der Waals surface area contributed by atoms with E-state index in [1.165, 1.54) is 25.7 Å². The van der Waals surface area contributed by atoms with E-state index in [1.807, 2.05) is 20.8 Å². The highest BCUT2D eigenvalue weighted by atomic mass is 16.3. The minimum absolute atomic E-state index is 0.0198. The van der Waals surface area contributed by atoms with Gasteiger partial charge in [-0.05, 0) is 57.9 Å². The summed E-state index contributed by atoms with van der Waals surface area (Å²) in [6.07, 6.45) is 6.37. The third kappa shape index (κ3) is 3.44. The molecule has 17 heavy (non-hydrogen) atoms. The molecule has 0 bridgehead atoms. The molecule has 2 fully saturated rings. The van der Waals surface area contributed by atoms with Crippen molar-refractivity contribution in [2.45, 2.75) is 64.5 Å². The van der Waals surface area contributed by atoms with Crippen molar-refractivity contribution < 1.29 is 5.11 Å². The zero-order valence-electron chi connectivity index (χ0n) is 11.3. The van der Waals surface area contributed by atoms with Crippen LogP contribution in [-0.4, -0.2) is 24.0 Å². The number of nitrogens with one attached hydrogen (secondary N) is 1. The molecule has 0 aromatic rings. The number of piperidine rings is 1. The number of hydrogen-bond donors (Lipinski definition) is 1. The molecule has 2 aliphatic rings. The van der Waals surface area contributed by atoms with Gasteiger partial charge in [0.15, 0.2) is 0 Å². The van der Waals surface area contributed by atoms with Crippen molar-refractivity contribution in [3.8, 4) is 0 Å². The molecule has 1 heterocycles. The Balaban J connectivity index is 1.97. The molecule has 1 aliphatic carbocycles. The van der Waals surface area contributed by atoms with Gasteiger partial charge in [-0.3, -0.25) is 4.99 Å². The fourth-order valence-electron chi connectivity index (χ4n) is 3.14. The summed E-state index contributed by atoms with van der Waals surface area (Å²) in [5.74, 6) is 1.62. The Morgan fingerprint density at radius 2 is 1.82 bits per heavy atom. The van der Waals surface area contributed by atoms with Crippen LogP contribution in [-0.2, 0) is 0 Å². The van der Waals surface area contributed by atoms with Crippen molar-refractivity contribution in [1.29, 1.82) is 0 Å². The molecule has 1 saturated carbocycles. The van der Waals surface area contributed by atoms with Gasteiger partial charge < -0.3 is 10.4 Å². The average Bonchev–Trinajstić information content (AvgIpc) is 2.26. The topological polar surface area (TPSA) is 47.5 Å². The van der Waals surface area contributed by atoms with Crippen LogP contribution in [0.15, 0.2) is 4.99 Å². The maximum atomic E-state index is 12.1. The first-order valence-corrected chi connectivity index (χ1v) is 6.96. The fraction of sp³-hybridized carbons (Fsp3) is 0.929. The quantitative estimate of drug-likeness (QED) is 0.557. The van der Waals surface area contributed by atoms with E-state index < -0.39 is 0 Å². The van der Waals surface area contributed by atoms with Crippen LogP contribution < -0.4 is 10.4 Å². The summed E-state index contributed by atoms with van der Waals surface area (Å²) < 4.78 is 0. The summed E-state index contributed by atoms with van der Waals surface area (Å²) in [4.78, 5) is 4.27. The standard InChI is InChI=1S/C14H26N2O/c1-14(2,3)16-13(17)12-8-10-6-4-5-7-11(10)9-15-12/h10-12,15H,4-9H2,1-3H3,(H,16,17)/p-1/t10-,11+,12-/m0/s1. The molecular formula is C14H25N2O-. The number of hydrogen-bond acceptors (Lipinski definition) is 3. The Kier molecular flexibility index (Phi) is 3.76. The second-order valence-electron chi connectivity index (χ2n) is 6.62. The summed E-state index contributed by atoms with van der Waals surface area (Å²) in [6, 6.07) is -0.0198. The fourth-order valence-corrected chi connectivity index (χ4v) is 3.14. The second kappa shape index (κ2) is 4.97. The van der Waals surface area contributed by atoms with Gasteiger partial charge in [-0.15, -0.1) is 0 Å². The predicted molar refractivity (Wildman–Crippen MR) is 69.0 cm³/mol. The van der Waals surface area contributed by atoms with E-state index in [1.54, 1.807) is 0 Å². The zero-order valence-corrected chi connectivity index (χ0v) is 11.3. The minimum atomic E-state index is -0.248. The third-order valence-corrected chi connectivity index (χ3v) is 3.98. The summed E-state index contributed by atoms with van der Waals surface area (Å²) >= 11 is 0. The Morgan fingerprint density at radius 1 is 1.18 bits per heavy atom. The maximum Gasteiger partial charge on any atom is 0.0513 e. The largest absolute Gasteiger partial charge is 0.861 e. The van der Waals surface area contributed by atoms with E-state index in [2.05, 4.69) is 10.3 Å². The Labute approximate surface area is 105 Å². The van der Waals surface area contributed by atoms with Crippen LogP contribution in [0.1, 0.15) is 52.9 Å². The van der Waals surface area contributed by atoms with Crippen LogP contribution in [0, 0.1) is 11.8 Å². The van der Waals surface area contributed by atoms with Gasteiger partial charge >= 0.3 is 0 Å². The van der Waals surface area contributed by atoms with E-state index in [0.717, 1.165) is 24.8 Å². The molecule has 0 amide bonds. The third-order valence-electron chi connectivity index (χ3n) is 3.98. The molecule has 1 saturated heterocycles. The number of aliphatic imine (C=N–C) groups is 1. The molecule has 98 valence electrons. The zero-order chi connectivity index (χ0) is 12.5. The van der Waals surface area contributed by atoms with Crippen LogP contribution in [0.3, 0.4) is 0 Å². The lowest BCUT2D eigenvalue weighted by atomic mass is 9.73. The van der Waals surface area contributed by atoms with Gasteiger partial charge in [-0.1, -0.05) is 19.3 Å². The Hall–Kier alpha value is -0.570. The number of nitrogens with zero attached hydrogens (tertiary/aromatic N) is 1. The predicted octanol–water partition coefficient (Wildman–Crippen LogP) is 1.71. The van der Waals surface area contributed by atoms with Crippen LogP contribution >= 0.6 is 0 Å². The first-order chi connectivity index (χ1) is 7.96. The molecule has 3 nitrogen and oxygen atoms in total. The van der Waals surface area contributed by atoms with Crippen LogP contribution in [0.5, 0.6) is 0 Å².